The summed E-state index contributed by atoms with van der Waals surface area (Å²) in [5.74, 6) is 0.832. The van der Waals surface area contributed by atoms with Gasteiger partial charge in [0.05, 0.1) is 20.4 Å². The van der Waals surface area contributed by atoms with Gasteiger partial charge in [-0.2, -0.15) is 5.10 Å². The molecule has 0 aliphatic rings. The third-order valence-corrected chi connectivity index (χ3v) is 4.82. The maximum atomic E-state index is 12.5. The van der Waals surface area contributed by atoms with E-state index in [0.717, 1.165) is 11.3 Å². The van der Waals surface area contributed by atoms with Gasteiger partial charge in [0.2, 0.25) is 0 Å². The molecule has 1 unspecified atom stereocenters. The minimum Gasteiger partial charge on any atom is -0.495 e. The van der Waals surface area contributed by atoms with Gasteiger partial charge in [0.1, 0.15) is 16.0 Å². The van der Waals surface area contributed by atoms with E-state index in [2.05, 4.69) is 26.5 Å². The highest BCUT2D eigenvalue weighted by Crippen LogP contribution is 2.35. The van der Waals surface area contributed by atoms with E-state index >= 15 is 0 Å². The minimum atomic E-state index is -0.762. The molecule has 1 amide bonds. The van der Waals surface area contributed by atoms with Gasteiger partial charge in [0.25, 0.3) is 5.91 Å². The summed E-state index contributed by atoms with van der Waals surface area (Å²) in [6, 6.07) is 11.1. The SMILES string of the molecule is COc1cc(C=NNC(=O)C(OC)c2ccc(N(C)C)cc2)cc(OC)c1Br. The van der Waals surface area contributed by atoms with Crippen LogP contribution in [0.25, 0.3) is 0 Å². The standard InChI is InChI=1S/C20H24BrN3O4/c1-24(2)15-8-6-14(7-9-15)19(28-5)20(25)23-22-12-13-10-16(26-3)18(21)17(11-13)27-4/h6-12,19H,1-5H3,(H,23,25). The topological polar surface area (TPSA) is 72.4 Å². The number of carbonyl (C=O) groups is 1. The van der Waals surface area contributed by atoms with Crippen molar-refractivity contribution < 1.29 is 19.0 Å². The van der Waals surface area contributed by atoms with Gasteiger partial charge in [-0.05, 0) is 45.8 Å². The van der Waals surface area contributed by atoms with Crippen LogP contribution in [0.4, 0.5) is 5.69 Å². The van der Waals surface area contributed by atoms with E-state index in [1.807, 2.05) is 43.3 Å². The molecule has 1 N–H and O–H groups in total. The lowest BCUT2D eigenvalue weighted by molar-refractivity contribution is -0.131. The van der Waals surface area contributed by atoms with E-state index in [9.17, 15) is 4.79 Å². The molecular weight excluding hydrogens is 426 g/mol. The van der Waals surface area contributed by atoms with Gasteiger partial charge < -0.3 is 19.1 Å². The number of carbonyl (C=O) groups excluding carboxylic acids is 1. The van der Waals surface area contributed by atoms with Crippen LogP contribution in [0.5, 0.6) is 11.5 Å². The van der Waals surface area contributed by atoms with Crippen molar-refractivity contribution in [3.05, 3.63) is 52.0 Å². The Morgan fingerprint density at radius 2 is 1.68 bits per heavy atom. The van der Waals surface area contributed by atoms with Gasteiger partial charge >= 0.3 is 0 Å². The number of hydrogen-bond acceptors (Lipinski definition) is 6. The molecule has 0 radical (unpaired) electrons. The van der Waals surface area contributed by atoms with Crippen molar-refractivity contribution in [1.82, 2.24) is 5.43 Å². The van der Waals surface area contributed by atoms with Gasteiger partial charge in [0, 0.05) is 32.5 Å². The second-order valence-electron chi connectivity index (χ2n) is 6.08. The zero-order chi connectivity index (χ0) is 20.7. The summed E-state index contributed by atoms with van der Waals surface area (Å²) < 4.78 is 16.6. The number of amides is 1. The van der Waals surface area contributed by atoms with Crippen molar-refractivity contribution in [2.24, 2.45) is 5.10 Å². The molecule has 28 heavy (non-hydrogen) atoms. The molecule has 0 saturated carbocycles. The predicted octanol–water partition coefficient (Wildman–Crippen LogP) is 3.37. The number of hydrazone groups is 1. The molecular formula is C20H24BrN3O4. The number of anilines is 1. The van der Waals surface area contributed by atoms with Crippen LogP contribution in [0.15, 0.2) is 46.0 Å². The lowest BCUT2D eigenvalue weighted by Crippen LogP contribution is -2.26. The molecule has 7 nitrogen and oxygen atoms in total. The molecule has 150 valence electrons. The van der Waals surface area contributed by atoms with Crippen LogP contribution < -0.4 is 19.8 Å². The fourth-order valence-corrected chi connectivity index (χ4v) is 3.09. The number of nitrogens with zero attached hydrogens (tertiary/aromatic N) is 2. The van der Waals surface area contributed by atoms with Crippen molar-refractivity contribution >= 4 is 33.7 Å². The fourth-order valence-electron chi connectivity index (χ4n) is 2.53. The molecule has 0 aliphatic carbocycles. The van der Waals surface area contributed by atoms with Gasteiger partial charge in [-0.1, -0.05) is 12.1 Å². The predicted molar refractivity (Wildman–Crippen MR) is 114 cm³/mol. The van der Waals surface area contributed by atoms with Crippen molar-refractivity contribution in [3.8, 4) is 11.5 Å². The lowest BCUT2D eigenvalue weighted by Gasteiger charge is -2.16. The molecule has 0 aliphatic heterocycles. The average Bonchev–Trinajstić information content (AvgIpc) is 2.69. The summed E-state index contributed by atoms with van der Waals surface area (Å²) in [6.45, 7) is 0. The Kier molecular flexibility index (Phi) is 7.83. The number of rotatable bonds is 8. The summed E-state index contributed by atoms with van der Waals surface area (Å²) in [4.78, 5) is 14.4. The monoisotopic (exact) mass is 449 g/mol. The maximum absolute atomic E-state index is 12.5. The lowest BCUT2D eigenvalue weighted by atomic mass is 10.1. The molecule has 0 heterocycles. The highest BCUT2D eigenvalue weighted by Gasteiger charge is 2.19. The third-order valence-electron chi connectivity index (χ3n) is 4.04. The Morgan fingerprint density at radius 1 is 1.11 bits per heavy atom. The summed E-state index contributed by atoms with van der Waals surface area (Å²) in [5.41, 5.74) is 5.00. The second-order valence-corrected chi connectivity index (χ2v) is 6.87. The smallest absolute Gasteiger partial charge is 0.273 e. The van der Waals surface area contributed by atoms with Crippen LogP contribution in [-0.4, -0.2) is 47.5 Å². The number of hydrogen-bond donors (Lipinski definition) is 1. The first-order valence-corrected chi connectivity index (χ1v) is 9.25. The zero-order valence-corrected chi connectivity index (χ0v) is 18.1. The number of halogens is 1. The van der Waals surface area contributed by atoms with E-state index in [-0.39, 0.29) is 5.91 Å². The van der Waals surface area contributed by atoms with Crippen LogP contribution in [0.2, 0.25) is 0 Å². The van der Waals surface area contributed by atoms with Gasteiger partial charge in [0.15, 0.2) is 6.10 Å². The third kappa shape index (κ3) is 5.24. The van der Waals surface area contributed by atoms with E-state index in [0.29, 0.717) is 21.5 Å². The van der Waals surface area contributed by atoms with E-state index in [1.54, 1.807) is 26.4 Å². The molecule has 2 aromatic rings. The molecule has 2 rings (SSSR count). The van der Waals surface area contributed by atoms with Crippen LogP contribution in [0.3, 0.4) is 0 Å². The van der Waals surface area contributed by atoms with E-state index in [1.165, 1.54) is 13.3 Å². The van der Waals surface area contributed by atoms with Crippen molar-refractivity contribution in [2.75, 3.05) is 40.3 Å². The van der Waals surface area contributed by atoms with Crippen LogP contribution in [-0.2, 0) is 9.53 Å². The Balaban J connectivity index is 2.11. The average molecular weight is 450 g/mol. The highest BCUT2D eigenvalue weighted by molar-refractivity contribution is 9.10. The Labute approximate surface area is 173 Å². The summed E-state index contributed by atoms with van der Waals surface area (Å²) in [5, 5.41) is 4.02. The number of ether oxygens (including phenoxy) is 3. The van der Waals surface area contributed by atoms with Crippen molar-refractivity contribution in [2.45, 2.75) is 6.10 Å². The van der Waals surface area contributed by atoms with Crippen LogP contribution in [0, 0.1) is 0 Å². The van der Waals surface area contributed by atoms with Gasteiger partial charge in [-0.25, -0.2) is 5.43 Å². The zero-order valence-electron chi connectivity index (χ0n) is 16.5. The minimum absolute atomic E-state index is 0.368. The molecule has 0 bridgehead atoms. The Hall–Kier alpha value is -2.58. The fraction of sp³-hybridized carbons (Fsp3) is 0.300. The molecule has 8 heteroatoms. The maximum Gasteiger partial charge on any atom is 0.273 e. The normalized spacial score (nSPS) is 11.9. The quantitative estimate of drug-likeness (QED) is 0.493. The van der Waals surface area contributed by atoms with E-state index < -0.39 is 6.10 Å². The highest BCUT2D eigenvalue weighted by atomic mass is 79.9. The first-order chi connectivity index (χ1) is 13.4. The van der Waals surface area contributed by atoms with Gasteiger partial charge in [-0.3, -0.25) is 4.79 Å². The number of methoxy groups -OCH3 is 3. The number of benzene rings is 2. The molecule has 0 fully saturated rings. The summed E-state index contributed by atoms with van der Waals surface area (Å²) in [7, 11) is 8.52. The summed E-state index contributed by atoms with van der Waals surface area (Å²) in [6.07, 6.45) is 0.749. The molecule has 0 spiro atoms. The second kappa shape index (κ2) is 10.1. The first kappa shape index (κ1) is 21.7. The van der Waals surface area contributed by atoms with Crippen molar-refractivity contribution in [3.63, 3.8) is 0 Å². The Morgan fingerprint density at radius 3 is 2.14 bits per heavy atom. The molecule has 2 aromatic carbocycles. The number of nitrogens with one attached hydrogen (secondary N) is 1. The molecule has 0 saturated heterocycles. The molecule has 0 aromatic heterocycles. The van der Waals surface area contributed by atoms with Crippen LogP contribution >= 0.6 is 15.9 Å². The van der Waals surface area contributed by atoms with E-state index in [4.69, 9.17) is 14.2 Å². The van der Waals surface area contributed by atoms with Crippen molar-refractivity contribution in [1.29, 1.82) is 0 Å². The van der Waals surface area contributed by atoms with Crippen LogP contribution in [0.1, 0.15) is 17.2 Å². The first-order valence-electron chi connectivity index (χ1n) is 8.45. The Bertz CT molecular complexity index is 813. The van der Waals surface area contributed by atoms with Gasteiger partial charge in [-0.15, -0.1) is 0 Å². The molecule has 1 atom stereocenters. The summed E-state index contributed by atoms with van der Waals surface area (Å²) >= 11 is 3.41. The largest absolute Gasteiger partial charge is 0.495 e.